The van der Waals surface area contributed by atoms with Crippen molar-refractivity contribution >= 4 is 42.8 Å². The highest BCUT2D eigenvalue weighted by atomic mass is 32.1. The van der Waals surface area contributed by atoms with Gasteiger partial charge in [-0.3, -0.25) is 0 Å². The Morgan fingerprint density at radius 2 is 0.719 bits per heavy atom. The zero-order valence-electron chi connectivity index (χ0n) is 30.7. The summed E-state index contributed by atoms with van der Waals surface area (Å²) in [5.74, 6) is 0.451. The summed E-state index contributed by atoms with van der Waals surface area (Å²) in [6.45, 7) is 0. The van der Waals surface area contributed by atoms with E-state index in [9.17, 15) is 10.2 Å². The molecule has 0 spiro atoms. The molecule has 1 aliphatic carbocycles. The molecule has 11 rings (SSSR count). The highest BCUT2D eigenvalue weighted by molar-refractivity contribution is 7.18. The minimum absolute atomic E-state index is 0.225. The quantitative estimate of drug-likeness (QED) is 0.177. The van der Waals surface area contributed by atoms with Gasteiger partial charge in [0, 0.05) is 42.4 Å². The molecule has 0 atom stereocenters. The van der Waals surface area contributed by atoms with Gasteiger partial charge in [-0.05, 0) is 103 Å². The molecule has 1 aliphatic rings. The van der Waals surface area contributed by atoms with Crippen LogP contribution in [-0.2, 0) is 5.41 Å². The van der Waals surface area contributed by atoms with Gasteiger partial charge in [-0.25, -0.2) is 0 Å². The first-order chi connectivity index (χ1) is 28.1. The third-order valence-electron chi connectivity index (χ3n) is 11.7. The number of benzene rings is 8. The standard InChI is InChI=1S/C53H34O2S2/c54-47-27-25-35(29-43(47)33-13-3-1-4-14-33)53(36-26-28-48(55)44(30-36)34-15-5-2-6-16-34)51-39(19-11-21-41(51)45-31-56-49-23-9-7-17-37(45)49)40-20-12-22-42(52(40)53)46-32-57-50-24-10-8-18-38(46)50/h1-32,54-55H. The van der Waals surface area contributed by atoms with E-state index in [0.717, 1.165) is 44.5 Å². The molecule has 2 heterocycles. The summed E-state index contributed by atoms with van der Waals surface area (Å²) in [4.78, 5) is 0. The largest absolute Gasteiger partial charge is 0.507 e. The molecule has 0 saturated heterocycles. The molecule has 10 aromatic rings. The van der Waals surface area contributed by atoms with Gasteiger partial charge in [0.15, 0.2) is 0 Å². The van der Waals surface area contributed by atoms with Crippen molar-refractivity contribution in [3.63, 3.8) is 0 Å². The van der Waals surface area contributed by atoms with Crippen LogP contribution in [-0.4, -0.2) is 10.2 Å². The van der Waals surface area contributed by atoms with Crippen LogP contribution in [0, 0.1) is 0 Å². The van der Waals surface area contributed by atoms with E-state index in [1.807, 2.05) is 48.5 Å². The average Bonchev–Trinajstić information content (AvgIpc) is 3.98. The van der Waals surface area contributed by atoms with Crippen molar-refractivity contribution in [2.24, 2.45) is 0 Å². The lowest BCUT2D eigenvalue weighted by molar-refractivity contribution is 0.477. The molecule has 0 bridgehead atoms. The van der Waals surface area contributed by atoms with Gasteiger partial charge < -0.3 is 10.2 Å². The van der Waals surface area contributed by atoms with Gasteiger partial charge in [-0.1, -0.05) is 146 Å². The van der Waals surface area contributed by atoms with E-state index in [-0.39, 0.29) is 11.5 Å². The molecule has 0 saturated carbocycles. The summed E-state index contributed by atoms with van der Waals surface area (Å²) in [6.07, 6.45) is 0. The van der Waals surface area contributed by atoms with Crippen LogP contribution in [0.4, 0.5) is 0 Å². The number of fused-ring (bicyclic) bond motifs is 5. The number of aromatic hydroxyl groups is 2. The zero-order chi connectivity index (χ0) is 38.1. The topological polar surface area (TPSA) is 40.5 Å². The molecule has 8 aromatic carbocycles. The Hall–Kier alpha value is -6.72. The lowest BCUT2D eigenvalue weighted by Crippen LogP contribution is -2.30. The van der Waals surface area contributed by atoms with E-state index in [2.05, 4.69) is 144 Å². The van der Waals surface area contributed by atoms with Crippen LogP contribution in [0.15, 0.2) is 193 Å². The van der Waals surface area contributed by atoms with Crippen molar-refractivity contribution in [2.45, 2.75) is 5.41 Å². The maximum atomic E-state index is 11.6. The summed E-state index contributed by atoms with van der Waals surface area (Å²) in [5.41, 5.74) is 14.0. The van der Waals surface area contributed by atoms with Crippen molar-refractivity contribution in [2.75, 3.05) is 0 Å². The number of hydrogen-bond acceptors (Lipinski definition) is 4. The van der Waals surface area contributed by atoms with Gasteiger partial charge in [-0.2, -0.15) is 0 Å². The van der Waals surface area contributed by atoms with Crippen LogP contribution in [0.2, 0.25) is 0 Å². The Morgan fingerprint density at radius 3 is 1.16 bits per heavy atom. The Balaban J connectivity index is 1.34. The second kappa shape index (κ2) is 13.2. The fourth-order valence-corrected chi connectivity index (χ4v) is 11.2. The van der Waals surface area contributed by atoms with Gasteiger partial charge in [-0.15, -0.1) is 22.7 Å². The minimum Gasteiger partial charge on any atom is -0.507 e. The Labute approximate surface area is 338 Å². The molecule has 4 heteroatoms. The summed E-state index contributed by atoms with van der Waals surface area (Å²) in [5, 5.41) is 30.3. The fourth-order valence-electron chi connectivity index (χ4n) is 9.29. The SMILES string of the molecule is Oc1ccc(C2(c3ccc(O)c(-c4ccccc4)c3)c3c(cccc3-c3csc4ccccc34)-c3cccc(-c4csc5ccccc45)c32)cc1-c1ccccc1. The molecule has 57 heavy (non-hydrogen) atoms. The van der Waals surface area contributed by atoms with Gasteiger partial charge >= 0.3 is 0 Å². The van der Waals surface area contributed by atoms with Crippen molar-refractivity contribution in [1.82, 2.24) is 0 Å². The third-order valence-corrected chi connectivity index (χ3v) is 13.7. The number of rotatable bonds is 6. The average molecular weight is 767 g/mol. The maximum absolute atomic E-state index is 11.6. The van der Waals surface area contributed by atoms with E-state index >= 15 is 0 Å². The van der Waals surface area contributed by atoms with Crippen molar-refractivity contribution in [1.29, 1.82) is 0 Å². The lowest BCUT2D eigenvalue weighted by Gasteiger charge is -2.37. The molecule has 0 fully saturated rings. The van der Waals surface area contributed by atoms with Crippen molar-refractivity contribution in [3.8, 4) is 67.1 Å². The molecular weight excluding hydrogens is 733 g/mol. The fraction of sp³-hybridized carbons (Fsp3) is 0.0189. The van der Waals surface area contributed by atoms with E-state index in [4.69, 9.17) is 0 Å². The molecule has 0 unspecified atom stereocenters. The summed E-state index contributed by atoms with van der Waals surface area (Å²) in [7, 11) is 0. The van der Waals surface area contributed by atoms with Crippen LogP contribution in [0.1, 0.15) is 22.3 Å². The van der Waals surface area contributed by atoms with E-state index in [0.29, 0.717) is 0 Å². The molecule has 0 aliphatic heterocycles. The number of thiophene rings is 2. The predicted molar refractivity (Wildman–Crippen MR) is 240 cm³/mol. The second-order valence-corrected chi connectivity index (χ2v) is 16.5. The number of phenolic OH excluding ortho intramolecular Hbond substituents is 2. The summed E-state index contributed by atoms with van der Waals surface area (Å²) in [6, 6.07) is 63.5. The third kappa shape index (κ3) is 5.08. The Morgan fingerprint density at radius 1 is 0.333 bits per heavy atom. The van der Waals surface area contributed by atoms with E-state index < -0.39 is 5.41 Å². The van der Waals surface area contributed by atoms with Gasteiger partial charge in [0.25, 0.3) is 0 Å². The molecule has 0 amide bonds. The molecule has 0 radical (unpaired) electrons. The van der Waals surface area contributed by atoms with Crippen molar-refractivity contribution in [3.05, 3.63) is 215 Å². The van der Waals surface area contributed by atoms with Gasteiger partial charge in [0.2, 0.25) is 0 Å². The first kappa shape index (κ1) is 33.6. The first-order valence-corrected chi connectivity index (χ1v) is 20.9. The maximum Gasteiger partial charge on any atom is 0.123 e. The van der Waals surface area contributed by atoms with Gasteiger partial charge in [0.1, 0.15) is 11.5 Å². The Bertz CT molecular complexity index is 2940. The first-order valence-electron chi connectivity index (χ1n) is 19.1. The van der Waals surface area contributed by atoms with Crippen LogP contribution in [0.5, 0.6) is 11.5 Å². The number of phenols is 2. The minimum atomic E-state index is -0.904. The summed E-state index contributed by atoms with van der Waals surface area (Å²) < 4.78 is 2.48. The summed E-state index contributed by atoms with van der Waals surface area (Å²) >= 11 is 3.54. The van der Waals surface area contributed by atoms with Crippen LogP contribution < -0.4 is 0 Å². The van der Waals surface area contributed by atoms with E-state index in [1.54, 1.807) is 22.7 Å². The van der Waals surface area contributed by atoms with Crippen LogP contribution >= 0.6 is 22.7 Å². The molecule has 2 nitrogen and oxygen atoms in total. The predicted octanol–water partition coefficient (Wildman–Crippen LogP) is 14.6. The molecule has 2 aromatic heterocycles. The number of hydrogen-bond donors (Lipinski definition) is 2. The smallest absolute Gasteiger partial charge is 0.123 e. The highest BCUT2D eigenvalue weighted by Gasteiger charge is 2.50. The Kier molecular flexibility index (Phi) is 7.78. The van der Waals surface area contributed by atoms with Gasteiger partial charge in [0.05, 0.1) is 5.41 Å². The lowest BCUT2D eigenvalue weighted by atomic mass is 9.64. The monoisotopic (exact) mass is 766 g/mol. The normalized spacial score (nSPS) is 12.8. The highest BCUT2D eigenvalue weighted by Crippen LogP contribution is 2.63. The molecule has 270 valence electrons. The van der Waals surface area contributed by atoms with Crippen LogP contribution in [0.3, 0.4) is 0 Å². The van der Waals surface area contributed by atoms with Crippen LogP contribution in [0.25, 0.3) is 75.8 Å². The van der Waals surface area contributed by atoms with E-state index in [1.165, 1.54) is 53.6 Å². The molecular formula is C53H34O2S2. The van der Waals surface area contributed by atoms with Crippen molar-refractivity contribution < 1.29 is 10.2 Å². The zero-order valence-corrected chi connectivity index (χ0v) is 32.3. The molecule has 2 N–H and O–H groups in total. The second-order valence-electron chi connectivity index (χ2n) is 14.7.